The van der Waals surface area contributed by atoms with Crippen molar-refractivity contribution in [2.45, 2.75) is 16.9 Å². The summed E-state index contributed by atoms with van der Waals surface area (Å²) in [6.07, 6.45) is 0.653. The fraction of sp³-hybridized carbons (Fsp3) is 0.250. The molecule has 2 aromatic rings. The summed E-state index contributed by atoms with van der Waals surface area (Å²) in [6, 6.07) is 6.45. The summed E-state index contributed by atoms with van der Waals surface area (Å²) >= 11 is 1.21. The molecule has 0 saturated carbocycles. The molecule has 1 saturated heterocycles. The van der Waals surface area contributed by atoms with E-state index in [2.05, 4.69) is 10.2 Å². The van der Waals surface area contributed by atoms with Crippen molar-refractivity contribution < 1.29 is 19.1 Å². The number of hydrogen-bond acceptors (Lipinski definition) is 7. The largest absolute Gasteiger partial charge is 0.508 e. The molecule has 0 aliphatic carbocycles. The number of thioether (sulfide) groups is 1. The zero-order valence-electron chi connectivity index (χ0n) is 9.78. The van der Waals surface area contributed by atoms with Gasteiger partial charge in [0, 0.05) is 12.0 Å². The molecule has 0 bridgehead atoms. The average molecular weight is 278 g/mol. The van der Waals surface area contributed by atoms with Gasteiger partial charge in [0.2, 0.25) is 5.89 Å². The van der Waals surface area contributed by atoms with Gasteiger partial charge >= 0.3 is 5.97 Å². The number of carbonyl (C=O) groups excluding carboxylic acids is 1. The Hall–Kier alpha value is -2.02. The molecular formula is C12H10N2O4S. The van der Waals surface area contributed by atoms with E-state index < -0.39 is 0 Å². The average Bonchev–Trinajstić information content (AvgIpc) is 3.01. The van der Waals surface area contributed by atoms with Crippen molar-refractivity contribution in [2.75, 3.05) is 6.61 Å². The van der Waals surface area contributed by atoms with Gasteiger partial charge in [0.05, 0.1) is 6.61 Å². The second-order valence-electron chi connectivity index (χ2n) is 3.98. The molecule has 1 aromatic carbocycles. The third kappa shape index (κ3) is 2.55. The van der Waals surface area contributed by atoms with E-state index in [0.29, 0.717) is 29.7 Å². The summed E-state index contributed by atoms with van der Waals surface area (Å²) < 4.78 is 10.3. The number of nitrogens with zero attached hydrogens (tertiary/aromatic N) is 2. The SMILES string of the molecule is O=C1OCC[C@H]1Sc1nnc(-c2ccc(O)cc2)o1. The standard InChI is InChI=1S/C12H10N2O4S/c15-8-3-1-7(2-4-8)10-13-14-12(18-10)19-9-5-6-17-11(9)16/h1-4,9,15H,5-6H2/t9-/m1/s1. The van der Waals surface area contributed by atoms with Crippen LogP contribution in [0.4, 0.5) is 0 Å². The molecular weight excluding hydrogens is 268 g/mol. The van der Waals surface area contributed by atoms with Crippen LogP contribution in [0, 0.1) is 0 Å². The van der Waals surface area contributed by atoms with Crippen molar-refractivity contribution in [3.63, 3.8) is 0 Å². The Kier molecular flexibility index (Phi) is 3.12. The number of carbonyl (C=O) groups is 1. The number of aromatic nitrogens is 2. The Balaban J connectivity index is 1.75. The molecule has 98 valence electrons. The van der Waals surface area contributed by atoms with Crippen LogP contribution in [0.5, 0.6) is 5.75 Å². The van der Waals surface area contributed by atoms with Crippen molar-refractivity contribution in [3.05, 3.63) is 24.3 Å². The monoisotopic (exact) mass is 278 g/mol. The predicted octanol–water partition coefficient (Wildman–Crippen LogP) is 1.85. The third-order valence-corrected chi connectivity index (χ3v) is 3.73. The molecule has 19 heavy (non-hydrogen) atoms. The molecule has 1 atom stereocenters. The summed E-state index contributed by atoms with van der Waals surface area (Å²) in [5, 5.41) is 17.1. The van der Waals surface area contributed by atoms with Crippen LogP contribution in [-0.2, 0) is 9.53 Å². The maximum absolute atomic E-state index is 11.3. The van der Waals surface area contributed by atoms with E-state index in [9.17, 15) is 9.90 Å². The lowest BCUT2D eigenvalue weighted by Crippen LogP contribution is -2.09. The van der Waals surface area contributed by atoms with Gasteiger partial charge in [-0.2, -0.15) is 0 Å². The highest BCUT2D eigenvalue weighted by Gasteiger charge is 2.29. The molecule has 1 fully saturated rings. The number of phenolic OH excluding ortho intramolecular Hbond substituents is 1. The lowest BCUT2D eigenvalue weighted by Gasteiger charge is -1.99. The van der Waals surface area contributed by atoms with E-state index >= 15 is 0 Å². The van der Waals surface area contributed by atoms with Gasteiger partial charge in [-0.05, 0) is 36.0 Å². The van der Waals surface area contributed by atoms with Crippen LogP contribution in [-0.4, -0.2) is 33.1 Å². The van der Waals surface area contributed by atoms with E-state index in [1.807, 2.05) is 0 Å². The van der Waals surface area contributed by atoms with Crippen molar-refractivity contribution in [1.29, 1.82) is 0 Å². The lowest BCUT2D eigenvalue weighted by atomic mass is 10.2. The topological polar surface area (TPSA) is 85.5 Å². The minimum atomic E-state index is -0.270. The van der Waals surface area contributed by atoms with Gasteiger partial charge in [0.25, 0.3) is 5.22 Å². The number of ether oxygens (including phenoxy) is 1. The first-order chi connectivity index (χ1) is 9.22. The van der Waals surface area contributed by atoms with Gasteiger partial charge in [-0.15, -0.1) is 10.2 Å². The van der Waals surface area contributed by atoms with E-state index in [-0.39, 0.29) is 17.0 Å². The molecule has 0 amide bonds. The number of rotatable bonds is 3. The number of hydrogen-bond donors (Lipinski definition) is 1. The third-order valence-electron chi connectivity index (χ3n) is 2.65. The highest BCUT2D eigenvalue weighted by atomic mass is 32.2. The van der Waals surface area contributed by atoms with Crippen LogP contribution >= 0.6 is 11.8 Å². The van der Waals surface area contributed by atoms with Crippen LogP contribution in [0.1, 0.15) is 6.42 Å². The first kappa shape index (κ1) is 12.0. The quantitative estimate of drug-likeness (QED) is 0.857. The zero-order valence-corrected chi connectivity index (χ0v) is 10.6. The van der Waals surface area contributed by atoms with E-state index in [0.717, 1.165) is 0 Å². The molecule has 0 spiro atoms. The fourth-order valence-electron chi connectivity index (χ4n) is 1.68. The van der Waals surface area contributed by atoms with E-state index in [1.54, 1.807) is 24.3 Å². The fourth-order valence-corrected chi connectivity index (χ4v) is 2.52. The summed E-state index contributed by atoms with van der Waals surface area (Å²) in [6.45, 7) is 0.440. The Labute approximate surface area is 112 Å². The lowest BCUT2D eigenvalue weighted by molar-refractivity contribution is -0.137. The van der Waals surface area contributed by atoms with Crippen LogP contribution < -0.4 is 0 Å². The van der Waals surface area contributed by atoms with Crippen LogP contribution in [0.3, 0.4) is 0 Å². The molecule has 7 heteroatoms. The highest BCUT2D eigenvalue weighted by molar-refractivity contribution is 8.00. The molecule has 1 N–H and O–H groups in total. The van der Waals surface area contributed by atoms with Gasteiger partial charge in [-0.25, -0.2) is 0 Å². The van der Waals surface area contributed by atoms with Gasteiger partial charge in [0.15, 0.2) is 0 Å². The minimum absolute atomic E-state index is 0.173. The summed E-state index contributed by atoms with van der Waals surface area (Å²) in [7, 11) is 0. The van der Waals surface area contributed by atoms with Crippen molar-refractivity contribution >= 4 is 17.7 Å². The van der Waals surface area contributed by atoms with Crippen molar-refractivity contribution in [3.8, 4) is 17.2 Å². The number of cyclic esters (lactones) is 1. The first-order valence-electron chi connectivity index (χ1n) is 5.68. The highest BCUT2D eigenvalue weighted by Crippen LogP contribution is 2.30. The predicted molar refractivity (Wildman–Crippen MR) is 66.6 cm³/mol. The maximum Gasteiger partial charge on any atom is 0.319 e. The van der Waals surface area contributed by atoms with Crippen LogP contribution in [0.25, 0.3) is 11.5 Å². The normalized spacial score (nSPS) is 18.5. The van der Waals surface area contributed by atoms with Crippen LogP contribution in [0.15, 0.2) is 33.9 Å². The van der Waals surface area contributed by atoms with Gasteiger partial charge in [0.1, 0.15) is 11.0 Å². The molecule has 1 aliphatic heterocycles. The maximum atomic E-state index is 11.3. The number of phenols is 1. The summed E-state index contributed by atoms with van der Waals surface area (Å²) in [5.41, 5.74) is 0.714. The molecule has 0 radical (unpaired) electrons. The van der Waals surface area contributed by atoms with Crippen molar-refractivity contribution in [1.82, 2.24) is 10.2 Å². The molecule has 0 unspecified atom stereocenters. The second kappa shape index (κ2) is 4.93. The summed E-state index contributed by atoms with van der Waals surface area (Å²) in [5.74, 6) is 0.287. The second-order valence-corrected chi connectivity index (χ2v) is 5.14. The Bertz CT molecular complexity index is 596. The van der Waals surface area contributed by atoms with Gasteiger partial charge < -0.3 is 14.3 Å². The zero-order chi connectivity index (χ0) is 13.2. The molecule has 3 rings (SSSR count). The van der Waals surface area contributed by atoms with Gasteiger partial charge in [-0.1, -0.05) is 0 Å². The van der Waals surface area contributed by atoms with E-state index in [1.165, 1.54) is 11.8 Å². The summed E-state index contributed by atoms with van der Waals surface area (Å²) in [4.78, 5) is 11.3. The Morgan fingerprint density at radius 1 is 1.26 bits per heavy atom. The molecule has 6 nitrogen and oxygen atoms in total. The minimum Gasteiger partial charge on any atom is -0.508 e. The smallest absolute Gasteiger partial charge is 0.319 e. The number of benzene rings is 1. The van der Waals surface area contributed by atoms with E-state index in [4.69, 9.17) is 9.15 Å². The van der Waals surface area contributed by atoms with Crippen LogP contribution in [0.2, 0.25) is 0 Å². The Morgan fingerprint density at radius 2 is 2.05 bits per heavy atom. The van der Waals surface area contributed by atoms with Gasteiger partial charge in [-0.3, -0.25) is 4.79 Å². The Morgan fingerprint density at radius 3 is 2.74 bits per heavy atom. The molecule has 1 aliphatic rings. The number of aromatic hydroxyl groups is 1. The number of esters is 1. The first-order valence-corrected chi connectivity index (χ1v) is 6.56. The molecule has 2 heterocycles. The van der Waals surface area contributed by atoms with Crippen molar-refractivity contribution in [2.24, 2.45) is 0 Å². The molecule has 1 aromatic heterocycles.